The molecule has 2 rings (SSSR count). The Bertz CT molecular complexity index is 700. The second-order valence-corrected chi connectivity index (χ2v) is 7.02. The summed E-state index contributed by atoms with van der Waals surface area (Å²) in [5.41, 5.74) is 4.14. The van der Waals surface area contributed by atoms with Gasteiger partial charge in [0.05, 0.1) is 12.2 Å². The molecule has 0 radical (unpaired) electrons. The molecule has 2 aromatic rings. The van der Waals surface area contributed by atoms with Crippen LogP contribution in [-0.4, -0.2) is 29.7 Å². The van der Waals surface area contributed by atoms with Crippen molar-refractivity contribution in [1.82, 2.24) is 15.4 Å². The molecule has 5 nitrogen and oxygen atoms in total. The van der Waals surface area contributed by atoms with E-state index in [4.69, 9.17) is 4.52 Å². The second kappa shape index (κ2) is 7.07. The summed E-state index contributed by atoms with van der Waals surface area (Å²) >= 11 is 0. The van der Waals surface area contributed by atoms with Crippen LogP contribution in [-0.2, 0) is 12.0 Å². The Kier molecular flexibility index (Phi) is 5.32. The van der Waals surface area contributed by atoms with Crippen LogP contribution in [0.5, 0.6) is 0 Å². The molecule has 0 unspecified atom stereocenters. The van der Waals surface area contributed by atoms with Crippen molar-refractivity contribution in [2.75, 3.05) is 13.6 Å². The van der Waals surface area contributed by atoms with E-state index in [0.717, 1.165) is 17.0 Å². The van der Waals surface area contributed by atoms with Gasteiger partial charge in [0.1, 0.15) is 5.76 Å². The number of aromatic nitrogens is 1. The van der Waals surface area contributed by atoms with E-state index in [0.29, 0.717) is 13.1 Å². The van der Waals surface area contributed by atoms with Crippen LogP contribution in [0.25, 0.3) is 0 Å². The molecule has 0 aliphatic rings. The van der Waals surface area contributed by atoms with Gasteiger partial charge in [-0.05, 0) is 31.9 Å². The maximum Gasteiger partial charge on any atom is 0.317 e. The maximum absolute atomic E-state index is 12.4. The van der Waals surface area contributed by atoms with Crippen molar-refractivity contribution in [2.45, 2.75) is 46.6 Å². The standard InChI is InChI=1S/C19H27N3O2/c1-13-9-7-8-10-17(13)19(4,5)12-20-18(23)22(6)11-16-14(2)21-24-15(16)3/h7-10H,11-12H2,1-6H3,(H,20,23). The van der Waals surface area contributed by atoms with Crippen LogP contribution in [0.3, 0.4) is 0 Å². The highest BCUT2D eigenvalue weighted by molar-refractivity contribution is 5.74. The monoisotopic (exact) mass is 329 g/mol. The summed E-state index contributed by atoms with van der Waals surface area (Å²) in [4.78, 5) is 14.1. The van der Waals surface area contributed by atoms with Gasteiger partial charge in [0, 0.05) is 24.6 Å². The van der Waals surface area contributed by atoms with E-state index >= 15 is 0 Å². The van der Waals surface area contributed by atoms with E-state index in [1.807, 2.05) is 26.0 Å². The summed E-state index contributed by atoms with van der Waals surface area (Å²) in [5, 5.41) is 6.97. The smallest absolute Gasteiger partial charge is 0.317 e. The van der Waals surface area contributed by atoms with E-state index in [2.05, 4.69) is 43.4 Å². The zero-order valence-electron chi connectivity index (χ0n) is 15.4. The highest BCUT2D eigenvalue weighted by atomic mass is 16.5. The molecule has 5 heteroatoms. The van der Waals surface area contributed by atoms with Crippen LogP contribution >= 0.6 is 0 Å². The zero-order valence-corrected chi connectivity index (χ0v) is 15.4. The minimum absolute atomic E-state index is 0.100. The molecule has 2 amide bonds. The number of rotatable bonds is 5. The van der Waals surface area contributed by atoms with Gasteiger partial charge in [-0.3, -0.25) is 0 Å². The van der Waals surface area contributed by atoms with Crippen molar-refractivity contribution in [3.05, 3.63) is 52.4 Å². The molecule has 0 bridgehead atoms. The average molecular weight is 329 g/mol. The molecular formula is C19H27N3O2. The number of benzene rings is 1. The molecule has 1 aromatic carbocycles. The summed E-state index contributed by atoms with van der Waals surface area (Å²) in [6.07, 6.45) is 0. The van der Waals surface area contributed by atoms with Gasteiger partial charge in [0.2, 0.25) is 0 Å². The van der Waals surface area contributed by atoms with Gasteiger partial charge in [-0.15, -0.1) is 0 Å². The number of amides is 2. The SMILES string of the molecule is Cc1ccccc1C(C)(C)CNC(=O)N(C)Cc1c(C)noc1C. The minimum Gasteiger partial charge on any atom is -0.361 e. The number of aryl methyl sites for hydroxylation is 3. The number of carbonyl (C=O) groups excluding carboxylic acids is 1. The van der Waals surface area contributed by atoms with Gasteiger partial charge >= 0.3 is 6.03 Å². The maximum atomic E-state index is 12.4. The fraction of sp³-hybridized carbons (Fsp3) is 0.474. The Balaban J connectivity index is 1.98. The molecule has 0 atom stereocenters. The van der Waals surface area contributed by atoms with Crippen molar-refractivity contribution in [3.8, 4) is 0 Å². The third kappa shape index (κ3) is 3.96. The van der Waals surface area contributed by atoms with Gasteiger partial charge in [-0.1, -0.05) is 43.3 Å². The minimum atomic E-state index is -0.134. The van der Waals surface area contributed by atoms with Crippen molar-refractivity contribution < 1.29 is 9.32 Å². The molecule has 1 heterocycles. The fourth-order valence-electron chi connectivity index (χ4n) is 2.90. The highest BCUT2D eigenvalue weighted by Gasteiger charge is 2.24. The van der Waals surface area contributed by atoms with E-state index in [1.54, 1.807) is 11.9 Å². The Morgan fingerprint density at radius 3 is 2.50 bits per heavy atom. The molecule has 0 spiro atoms. The first-order valence-corrected chi connectivity index (χ1v) is 8.19. The van der Waals surface area contributed by atoms with Gasteiger partial charge in [0.25, 0.3) is 0 Å². The number of hydrogen-bond donors (Lipinski definition) is 1. The second-order valence-electron chi connectivity index (χ2n) is 7.02. The molecule has 0 aliphatic heterocycles. The first-order valence-electron chi connectivity index (χ1n) is 8.19. The largest absolute Gasteiger partial charge is 0.361 e. The van der Waals surface area contributed by atoms with Crippen LogP contribution in [0.2, 0.25) is 0 Å². The Morgan fingerprint density at radius 1 is 1.25 bits per heavy atom. The predicted octanol–water partition coefficient (Wildman–Crippen LogP) is 3.72. The first kappa shape index (κ1) is 18.0. The molecule has 0 saturated carbocycles. The summed E-state index contributed by atoms with van der Waals surface area (Å²) < 4.78 is 5.15. The fourth-order valence-corrected chi connectivity index (χ4v) is 2.90. The van der Waals surface area contributed by atoms with E-state index in [9.17, 15) is 4.79 Å². The Hall–Kier alpha value is -2.30. The van der Waals surface area contributed by atoms with Crippen LogP contribution < -0.4 is 5.32 Å². The van der Waals surface area contributed by atoms with Crippen LogP contribution in [0.1, 0.15) is 42.0 Å². The lowest BCUT2D eigenvalue weighted by Crippen LogP contribution is -2.43. The van der Waals surface area contributed by atoms with Crippen LogP contribution in [0.15, 0.2) is 28.8 Å². The van der Waals surface area contributed by atoms with E-state index in [1.165, 1.54) is 11.1 Å². The van der Waals surface area contributed by atoms with Crippen molar-refractivity contribution in [2.24, 2.45) is 0 Å². The Labute approximate surface area is 144 Å². The highest BCUT2D eigenvalue weighted by Crippen LogP contribution is 2.25. The lowest BCUT2D eigenvalue weighted by Gasteiger charge is -2.28. The third-order valence-corrected chi connectivity index (χ3v) is 4.48. The number of urea groups is 1. The first-order chi connectivity index (χ1) is 11.2. The number of nitrogens with one attached hydrogen (secondary N) is 1. The summed E-state index contributed by atoms with van der Waals surface area (Å²) in [6, 6.07) is 8.19. The summed E-state index contributed by atoms with van der Waals surface area (Å²) in [7, 11) is 1.78. The summed E-state index contributed by atoms with van der Waals surface area (Å²) in [6.45, 7) is 11.2. The van der Waals surface area contributed by atoms with E-state index < -0.39 is 0 Å². The Morgan fingerprint density at radius 2 is 1.92 bits per heavy atom. The van der Waals surface area contributed by atoms with Crippen molar-refractivity contribution >= 4 is 6.03 Å². The summed E-state index contributed by atoms with van der Waals surface area (Å²) in [5.74, 6) is 0.757. The molecule has 0 fully saturated rings. The molecule has 0 saturated heterocycles. The lowest BCUT2D eigenvalue weighted by molar-refractivity contribution is 0.204. The molecule has 1 N–H and O–H groups in total. The number of carbonyl (C=O) groups is 1. The van der Waals surface area contributed by atoms with Crippen LogP contribution in [0.4, 0.5) is 4.79 Å². The van der Waals surface area contributed by atoms with Crippen molar-refractivity contribution in [3.63, 3.8) is 0 Å². The van der Waals surface area contributed by atoms with Gasteiger partial charge in [-0.25, -0.2) is 4.79 Å². The molecular weight excluding hydrogens is 302 g/mol. The lowest BCUT2D eigenvalue weighted by atomic mass is 9.82. The van der Waals surface area contributed by atoms with Gasteiger partial charge in [0.15, 0.2) is 0 Å². The van der Waals surface area contributed by atoms with Gasteiger partial charge < -0.3 is 14.7 Å². The third-order valence-electron chi connectivity index (χ3n) is 4.48. The topological polar surface area (TPSA) is 58.4 Å². The quantitative estimate of drug-likeness (QED) is 0.909. The van der Waals surface area contributed by atoms with Crippen molar-refractivity contribution in [1.29, 1.82) is 0 Å². The normalized spacial score (nSPS) is 11.4. The number of nitrogens with zero attached hydrogens (tertiary/aromatic N) is 2. The van der Waals surface area contributed by atoms with E-state index in [-0.39, 0.29) is 11.4 Å². The van der Waals surface area contributed by atoms with Crippen LogP contribution in [0, 0.1) is 20.8 Å². The molecule has 0 aliphatic carbocycles. The number of hydrogen-bond acceptors (Lipinski definition) is 3. The zero-order chi connectivity index (χ0) is 17.9. The molecule has 1 aromatic heterocycles. The average Bonchev–Trinajstić information content (AvgIpc) is 2.84. The predicted molar refractivity (Wildman–Crippen MR) is 95.0 cm³/mol. The molecule has 24 heavy (non-hydrogen) atoms. The molecule has 130 valence electrons. The van der Waals surface area contributed by atoms with Gasteiger partial charge in [-0.2, -0.15) is 0 Å².